The van der Waals surface area contributed by atoms with Crippen LogP contribution in [0, 0.1) is 6.92 Å². The van der Waals surface area contributed by atoms with E-state index in [2.05, 4.69) is 0 Å². The Morgan fingerprint density at radius 1 is 1.17 bits per heavy atom. The molecule has 5 nitrogen and oxygen atoms in total. The predicted molar refractivity (Wildman–Crippen MR) is 99.7 cm³/mol. The number of carbonyl (C=O) groups excluding carboxylic acids is 1. The molecular formula is C21H22F3NO4. The molecule has 1 saturated heterocycles. The molecule has 3 rings (SSSR count). The zero-order chi connectivity index (χ0) is 21.0. The maximum atomic E-state index is 12.6. The van der Waals surface area contributed by atoms with Gasteiger partial charge in [-0.1, -0.05) is 12.1 Å². The van der Waals surface area contributed by atoms with E-state index in [0.717, 1.165) is 12.1 Å². The first-order valence-electron chi connectivity index (χ1n) is 9.43. The van der Waals surface area contributed by atoms with Crippen LogP contribution in [0.25, 0.3) is 0 Å². The first-order chi connectivity index (χ1) is 13.7. The Labute approximate surface area is 166 Å². The second-order valence-electron chi connectivity index (χ2n) is 7.12. The van der Waals surface area contributed by atoms with Gasteiger partial charge in [-0.05, 0) is 31.0 Å². The minimum absolute atomic E-state index is 0.0282. The minimum atomic E-state index is -4.36. The van der Waals surface area contributed by atoms with Crippen LogP contribution in [0.1, 0.15) is 36.1 Å². The Kier molecular flexibility index (Phi) is 6.30. The fourth-order valence-corrected chi connectivity index (χ4v) is 3.33. The molecule has 29 heavy (non-hydrogen) atoms. The number of halogens is 3. The van der Waals surface area contributed by atoms with E-state index >= 15 is 0 Å². The van der Waals surface area contributed by atoms with Gasteiger partial charge >= 0.3 is 11.8 Å². The number of hydrogen-bond acceptors (Lipinski definition) is 4. The Balaban J connectivity index is 1.45. The van der Waals surface area contributed by atoms with E-state index in [1.165, 1.54) is 18.2 Å². The number of piperidine rings is 1. The van der Waals surface area contributed by atoms with Crippen LogP contribution in [-0.2, 0) is 17.4 Å². The Bertz CT molecular complexity index is 897. The summed E-state index contributed by atoms with van der Waals surface area (Å²) in [7, 11) is 0. The SMILES string of the molecule is Cc1cc(OC2CCN(C(=O)CCc3ccc(C(F)(F)F)cc3)CC2)cc(=O)o1. The van der Waals surface area contributed by atoms with Gasteiger partial charge in [0, 0.05) is 38.4 Å². The molecular weight excluding hydrogens is 387 g/mol. The van der Waals surface area contributed by atoms with E-state index < -0.39 is 17.4 Å². The largest absolute Gasteiger partial charge is 0.490 e. The molecule has 0 radical (unpaired) electrons. The van der Waals surface area contributed by atoms with Gasteiger partial charge in [0.1, 0.15) is 17.6 Å². The summed E-state index contributed by atoms with van der Waals surface area (Å²) in [4.78, 5) is 25.5. The molecule has 2 heterocycles. The van der Waals surface area contributed by atoms with Gasteiger partial charge in [-0.15, -0.1) is 0 Å². The summed E-state index contributed by atoms with van der Waals surface area (Å²) in [5, 5.41) is 0. The van der Waals surface area contributed by atoms with E-state index in [9.17, 15) is 22.8 Å². The predicted octanol–water partition coefficient (Wildman–Crippen LogP) is 3.97. The lowest BCUT2D eigenvalue weighted by atomic mass is 10.0. The van der Waals surface area contributed by atoms with Crippen molar-refractivity contribution in [1.82, 2.24) is 4.90 Å². The summed E-state index contributed by atoms with van der Waals surface area (Å²) in [6.07, 6.45) is -2.52. The van der Waals surface area contributed by atoms with Crippen LogP contribution in [0.4, 0.5) is 13.2 Å². The highest BCUT2D eigenvalue weighted by atomic mass is 19.4. The molecule has 8 heteroatoms. The zero-order valence-corrected chi connectivity index (χ0v) is 16.0. The number of likely N-dealkylation sites (tertiary alicyclic amines) is 1. The third-order valence-electron chi connectivity index (χ3n) is 4.87. The number of amides is 1. The molecule has 2 aromatic rings. The number of hydrogen-bond donors (Lipinski definition) is 0. The zero-order valence-electron chi connectivity index (χ0n) is 16.0. The number of aryl methyl sites for hydroxylation is 2. The van der Waals surface area contributed by atoms with E-state index in [1.807, 2.05) is 0 Å². The second-order valence-corrected chi connectivity index (χ2v) is 7.12. The van der Waals surface area contributed by atoms with Crippen molar-refractivity contribution in [3.63, 3.8) is 0 Å². The van der Waals surface area contributed by atoms with E-state index in [4.69, 9.17) is 9.15 Å². The molecule has 0 saturated carbocycles. The Morgan fingerprint density at radius 3 is 2.41 bits per heavy atom. The van der Waals surface area contributed by atoms with E-state index in [1.54, 1.807) is 17.9 Å². The van der Waals surface area contributed by atoms with Crippen molar-refractivity contribution >= 4 is 5.91 Å². The summed E-state index contributed by atoms with van der Waals surface area (Å²) in [5.41, 5.74) is -0.459. The molecule has 0 N–H and O–H groups in total. The monoisotopic (exact) mass is 409 g/mol. The van der Waals surface area contributed by atoms with Crippen LogP contribution < -0.4 is 10.4 Å². The van der Waals surface area contributed by atoms with Gasteiger partial charge in [0.2, 0.25) is 5.91 Å². The summed E-state index contributed by atoms with van der Waals surface area (Å²) in [6, 6.07) is 7.85. The van der Waals surface area contributed by atoms with Crippen molar-refractivity contribution in [2.75, 3.05) is 13.1 Å². The molecule has 0 spiro atoms. The highest BCUT2D eigenvalue weighted by molar-refractivity contribution is 5.76. The van der Waals surface area contributed by atoms with Gasteiger partial charge in [0.15, 0.2) is 0 Å². The standard InChI is InChI=1S/C21H22F3NO4/c1-14-12-18(13-20(27)28-14)29-17-8-10-25(11-9-17)19(26)7-4-15-2-5-16(6-3-15)21(22,23)24/h2-3,5-6,12-13,17H,4,7-11H2,1H3. The highest BCUT2D eigenvalue weighted by Gasteiger charge is 2.30. The lowest BCUT2D eigenvalue weighted by molar-refractivity contribution is -0.137. The van der Waals surface area contributed by atoms with Gasteiger partial charge in [0.25, 0.3) is 0 Å². The summed E-state index contributed by atoms with van der Waals surface area (Å²) >= 11 is 0. The van der Waals surface area contributed by atoms with Crippen LogP contribution >= 0.6 is 0 Å². The van der Waals surface area contributed by atoms with Gasteiger partial charge in [-0.25, -0.2) is 4.79 Å². The number of rotatable bonds is 5. The maximum Gasteiger partial charge on any atom is 0.416 e. The van der Waals surface area contributed by atoms with Gasteiger partial charge < -0.3 is 14.1 Å². The number of carbonyl (C=O) groups is 1. The van der Waals surface area contributed by atoms with Crippen molar-refractivity contribution in [1.29, 1.82) is 0 Å². The highest BCUT2D eigenvalue weighted by Crippen LogP contribution is 2.29. The number of benzene rings is 1. The van der Waals surface area contributed by atoms with Crippen molar-refractivity contribution in [3.8, 4) is 5.75 Å². The fraction of sp³-hybridized carbons (Fsp3) is 0.429. The smallest absolute Gasteiger partial charge is 0.416 e. The average Bonchev–Trinajstić information content (AvgIpc) is 2.65. The Hall–Kier alpha value is -2.77. The van der Waals surface area contributed by atoms with Gasteiger partial charge in [0.05, 0.1) is 11.6 Å². The molecule has 1 aromatic carbocycles. The lowest BCUT2D eigenvalue weighted by Crippen LogP contribution is -2.41. The van der Waals surface area contributed by atoms with Gasteiger partial charge in [-0.2, -0.15) is 13.2 Å². The molecule has 0 atom stereocenters. The Morgan fingerprint density at radius 2 is 1.83 bits per heavy atom. The number of ether oxygens (including phenoxy) is 1. The molecule has 1 amide bonds. The molecule has 156 valence electrons. The lowest BCUT2D eigenvalue weighted by Gasteiger charge is -2.32. The van der Waals surface area contributed by atoms with Crippen molar-refractivity contribution in [3.05, 3.63) is 63.7 Å². The van der Waals surface area contributed by atoms with Crippen molar-refractivity contribution in [2.24, 2.45) is 0 Å². The molecule has 1 aliphatic heterocycles. The summed E-state index contributed by atoms with van der Waals surface area (Å²) in [5.74, 6) is 0.911. The second kappa shape index (κ2) is 8.71. The first-order valence-corrected chi connectivity index (χ1v) is 9.43. The third kappa shape index (κ3) is 5.85. The fourth-order valence-electron chi connectivity index (χ4n) is 3.33. The quantitative estimate of drug-likeness (QED) is 0.750. The maximum absolute atomic E-state index is 12.6. The third-order valence-corrected chi connectivity index (χ3v) is 4.87. The molecule has 1 aliphatic rings. The van der Waals surface area contributed by atoms with Gasteiger partial charge in [-0.3, -0.25) is 4.79 Å². The van der Waals surface area contributed by atoms with Crippen LogP contribution in [0.15, 0.2) is 45.6 Å². The van der Waals surface area contributed by atoms with Crippen molar-refractivity contribution in [2.45, 2.75) is 44.9 Å². The van der Waals surface area contributed by atoms with Crippen LogP contribution in [0.5, 0.6) is 5.75 Å². The average molecular weight is 409 g/mol. The summed E-state index contributed by atoms with van der Waals surface area (Å²) < 4.78 is 48.5. The van der Waals surface area contributed by atoms with Crippen LogP contribution in [0.2, 0.25) is 0 Å². The first kappa shape index (κ1) is 21.0. The number of alkyl halides is 3. The summed E-state index contributed by atoms with van der Waals surface area (Å²) in [6.45, 7) is 2.75. The van der Waals surface area contributed by atoms with Crippen LogP contribution in [0.3, 0.4) is 0 Å². The minimum Gasteiger partial charge on any atom is -0.490 e. The molecule has 1 aromatic heterocycles. The van der Waals surface area contributed by atoms with E-state index in [-0.39, 0.29) is 18.4 Å². The molecule has 1 fully saturated rings. The molecule has 0 aliphatic carbocycles. The van der Waals surface area contributed by atoms with Crippen LogP contribution in [-0.4, -0.2) is 30.0 Å². The molecule has 0 bridgehead atoms. The number of nitrogens with zero attached hydrogens (tertiary/aromatic N) is 1. The topological polar surface area (TPSA) is 59.8 Å². The van der Waals surface area contributed by atoms with Crippen molar-refractivity contribution < 1.29 is 27.1 Å². The molecule has 0 unspecified atom stereocenters. The van der Waals surface area contributed by atoms with E-state index in [0.29, 0.717) is 49.4 Å². The normalized spacial score (nSPS) is 15.4.